The van der Waals surface area contributed by atoms with Gasteiger partial charge in [-0.2, -0.15) is 0 Å². The molecule has 0 amide bonds. The number of aryl methyl sites for hydroxylation is 1. The normalized spacial score (nSPS) is 11.1. The number of rotatable bonds is 4. The van der Waals surface area contributed by atoms with Crippen molar-refractivity contribution < 1.29 is 4.79 Å². The summed E-state index contributed by atoms with van der Waals surface area (Å²) in [5, 5.41) is 0. The van der Waals surface area contributed by atoms with E-state index in [4.69, 9.17) is 0 Å². The van der Waals surface area contributed by atoms with E-state index < -0.39 is 0 Å². The van der Waals surface area contributed by atoms with Gasteiger partial charge in [0.2, 0.25) is 0 Å². The summed E-state index contributed by atoms with van der Waals surface area (Å²) in [5.74, 6) is 0.942. The smallest absolute Gasteiger partial charge is 0.172 e. The Morgan fingerprint density at radius 1 is 1.33 bits per heavy atom. The van der Waals surface area contributed by atoms with Crippen molar-refractivity contribution in [3.05, 3.63) is 20.9 Å². The molecule has 2 heteroatoms. The Bertz CT molecular complexity index is 361. The number of Topliss-reactive ketones (excluding diaryl/α,β-unsaturated/α-hetero) is 1. The summed E-state index contributed by atoms with van der Waals surface area (Å²) in [6.07, 6.45) is 1.70. The Hall–Kier alpha value is -0.630. The molecule has 0 saturated carbocycles. The third-order valence-corrected chi connectivity index (χ3v) is 3.95. The number of ketones is 1. The van der Waals surface area contributed by atoms with Crippen LogP contribution in [0.4, 0.5) is 0 Å². The van der Waals surface area contributed by atoms with Crippen LogP contribution in [-0.2, 0) is 6.42 Å². The van der Waals surface area contributed by atoms with Gasteiger partial charge >= 0.3 is 0 Å². The first-order valence-corrected chi connectivity index (χ1v) is 6.41. The third kappa shape index (κ3) is 2.69. The Kier molecular flexibility index (Phi) is 4.09. The highest BCUT2D eigenvalue weighted by molar-refractivity contribution is 7.14. The fourth-order valence-corrected chi connectivity index (χ4v) is 3.02. The largest absolute Gasteiger partial charge is 0.293 e. The molecule has 0 N–H and O–H groups in total. The van der Waals surface area contributed by atoms with Crippen molar-refractivity contribution in [2.75, 3.05) is 0 Å². The Morgan fingerprint density at radius 3 is 2.40 bits per heavy atom. The molecule has 0 aliphatic rings. The minimum Gasteiger partial charge on any atom is -0.293 e. The van der Waals surface area contributed by atoms with Gasteiger partial charge in [0, 0.05) is 11.3 Å². The van der Waals surface area contributed by atoms with Crippen LogP contribution in [0, 0.1) is 19.8 Å². The lowest BCUT2D eigenvalue weighted by molar-refractivity contribution is 0.0991. The predicted octanol–water partition coefficient (Wildman–Crippen LogP) is 4.16. The van der Waals surface area contributed by atoms with Crippen molar-refractivity contribution in [1.82, 2.24) is 0 Å². The van der Waals surface area contributed by atoms with E-state index in [2.05, 4.69) is 27.7 Å². The van der Waals surface area contributed by atoms with Crippen LogP contribution in [0.5, 0.6) is 0 Å². The van der Waals surface area contributed by atoms with Gasteiger partial charge in [-0.25, -0.2) is 0 Å². The van der Waals surface area contributed by atoms with E-state index in [-0.39, 0.29) is 5.78 Å². The highest BCUT2D eigenvalue weighted by Crippen LogP contribution is 2.30. The van der Waals surface area contributed by atoms with Gasteiger partial charge in [-0.05, 0) is 37.3 Å². The number of hydrogen-bond donors (Lipinski definition) is 0. The Labute approximate surface area is 96.5 Å². The lowest BCUT2D eigenvalue weighted by Crippen LogP contribution is -1.99. The fraction of sp³-hybridized carbons (Fsp3) is 0.615. The van der Waals surface area contributed by atoms with Crippen molar-refractivity contribution in [2.45, 2.75) is 47.5 Å². The third-order valence-electron chi connectivity index (χ3n) is 2.66. The van der Waals surface area contributed by atoms with Crippen LogP contribution < -0.4 is 0 Å². The molecule has 0 fully saturated rings. The SMILES string of the molecule is CCC(=O)c1sc(C)c(CC(C)C)c1C. The summed E-state index contributed by atoms with van der Waals surface area (Å²) in [4.78, 5) is 14.0. The molecule has 1 aromatic rings. The topological polar surface area (TPSA) is 17.1 Å². The highest BCUT2D eigenvalue weighted by atomic mass is 32.1. The number of carbonyl (C=O) groups is 1. The molecule has 0 saturated heterocycles. The summed E-state index contributed by atoms with van der Waals surface area (Å²) in [7, 11) is 0. The molecule has 0 radical (unpaired) electrons. The first-order chi connectivity index (χ1) is 6.97. The zero-order chi connectivity index (χ0) is 11.6. The van der Waals surface area contributed by atoms with Crippen molar-refractivity contribution in [1.29, 1.82) is 0 Å². The molecule has 0 spiro atoms. The average molecular weight is 224 g/mol. The molecule has 0 aromatic carbocycles. The highest BCUT2D eigenvalue weighted by Gasteiger charge is 2.16. The Morgan fingerprint density at radius 2 is 1.93 bits per heavy atom. The fourth-order valence-electron chi connectivity index (χ4n) is 1.82. The van der Waals surface area contributed by atoms with E-state index in [9.17, 15) is 4.79 Å². The molecule has 84 valence electrons. The van der Waals surface area contributed by atoms with Crippen molar-refractivity contribution >= 4 is 17.1 Å². The number of thiophene rings is 1. The van der Waals surface area contributed by atoms with Crippen LogP contribution in [0.25, 0.3) is 0 Å². The molecule has 0 bridgehead atoms. The molecule has 0 unspecified atom stereocenters. The van der Waals surface area contributed by atoms with Crippen LogP contribution in [0.15, 0.2) is 0 Å². The van der Waals surface area contributed by atoms with Crippen LogP contribution in [0.2, 0.25) is 0 Å². The van der Waals surface area contributed by atoms with Gasteiger partial charge in [0.25, 0.3) is 0 Å². The molecular formula is C13H20OS. The van der Waals surface area contributed by atoms with Gasteiger partial charge in [-0.1, -0.05) is 20.8 Å². The maximum atomic E-state index is 11.7. The van der Waals surface area contributed by atoms with Gasteiger partial charge in [0.05, 0.1) is 4.88 Å². The maximum Gasteiger partial charge on any atom is 0.172 e. The van der Waals surface area contributed by atoms with Gasteiger partial charge in [0.1, 0.15) is 0 Å². The molecule has 15 heavy (non-hydrogen) atoms. The van der Waals surface area contributed by atoms with E-state index in [0.29, 0.717) is 12.3 Å². The first-order valence-electron chi connectivity index (χ1n) is 5.59. The minimum absolute atomic E-state index is 0.288. The molecule has 1 nitrogen and oxygen atoms in total. The summed E-state index contributed by atoms with van der Waals surface area (Å²) >= 11 is 1.67. The second-order valence-corrected chi connectivity index (χ2v) is 5.69. The molecular weight excluding hydrogens is 204 g/mol. The van der Waals surface area contributed by atoms with Crippen molar-refractivity contribution in [3.63, 3.8) is 0 Å². The summed E-state index contributed by atoms with van der Waals surface area (Å²) in [6, 6.07) is 0. The van der Waals surface area contributed by atoms with E-state index >= 15 is 0 Å². The molecule has 0 aliphatic carbocycles. The quantitative estimate of drug-likeness (QED) is 0.702. The molecule has 0 aliphatic heterocycles. The van der Waals surface area contributed by atoms with Gasteiger partial charge in [-0.3, -0.25) is 4.79 Å². The molecule has 1 rings (SSSR count). The maximum absolute atomic E-state index is 11.7. The second-order valence-electron chi connectivity index (χ2n) is 4.47. The van der Waals surface area contributed by atoms with E-state index in [1.807, 2.05) is 6.92 Å². The van der Waals surface area contributed by atoms with Crippen molar-refractivity contribution in [3.8, 4) is 0 Å². The first kappa shape index (κ1) is 12.4. The van der Waals surface area contributed by atoms with Gasteiger partial charge in [0.15, 0.2) is 5.78 Å². The van der Waals surface area contributed by atoms with Gasteiger partial charge < -0.3 is 0 Å². The second kappa shape index (κ2) is 4.93. The lowest BCUT2D eigenvalue weighted by Gasteiger charge is -2.05. The zero-order valence-electron chi connectivity index (χ0n) is 10.3. The van der Waals surface area contributed by atoms with Crippen LogP contribution in [-0.4, -0.2) is 5.78 Å². The van der Waals surface area contributed by atoms with E-state index in [0.717, 1.165) is 11.3 Å². The monoisotopic (exact) mass is 224 g/mol. The zero-order valence-corrected chi connectivity index (χ0v) is 11.1. The molecule has 1 aromatic heterocycles. The standard InChI is InChI=1S/C13H20OS/c1-6-12(14)13-9(4)11(7-8(2)3)10(5)15-13/h8H,6-7H2,1-5H3. The van der Waals surface area contributed by atoms with Crippen LogP contribution in [0.3, 0.4) is 0 Å². The summed E-state index contributed by atoms with van der Waals surface area (Å²) < 4.78 is 0. The number of hydrogen-bond acceptors (Lipinski definition) is 2. The number of carbonyl (C=O) groups excluding carboxylic acids is 1. The van der Waals surface area contributed by atoms with Gasteiger partial charge in [-0.15, -0.1) is 11.3 Å². The minimum atomic E-state index is 0.288. The van der Waals surface area contributed by atoms with E-state index in [1.165, 1.54) is 16.0 Å². The van der Waals surface area contributed by atoms with E-state index in [1.54, 1.807) is 11.3 Å². The van der Waals surface area contributed by atoms with Crippen LogP contribution >= 0.6 is 11.3 Å². The lowest BCUT2D eigenvalue weighted by atomic mass is 9.98. The van der Waals surface area contributed by atoms with Crippen molar-refractivity contribution in [2.24, 2.45) is 5.92 Å². The Balaban J connectivity index is 3.08. The summed E-state index contributed by atoms with van der Waals surface area (Å²) in [5.41, 5.74) is 2.62. The predicted molar refractivity (Wildman–Crippen MR) is 67.0 cm³/mol. The summed E-state index contributed by atoms with van der Waals surface area (Å²) in [6.45, 7) is 10.6. The molecule has 1 heterocycles. The average Bonchev–Trinajstić information content (AvgIpc) is 2.44. The van der Waals surface area contributed by atoms with Crippen LogP contribution in [0.1, 0.15) is 52.9 Å². The molecule has 0 atom stereocenters.